The molecular formula is C10H12FN3O2S. The first-order chi connectivity index (χ1) is 8.16. The van der Waals surface area contributed by atoms with Crippen molar-refractivity contribution in [1.29, 1.82) is 0 Å². The van der Waals surface area contributed by atoms with Crippen molar-refractivity contribution in [3.05, 3.63) is 18.1 Å². The maximum Gasteiger partial charge on any atom is 0.409 e. The van der Waals surface area contributed by atoms with Gasteiger partial charge in [-0.05, 0) is 0 Å². The molecule has 92 valence electrons. The summed E-state index contributed by atoms with van der Waals surface area (Å²) in [5.74, 6) is 1.70. The molecule has 0 aromatic carbocycles. The molecule has 1 aliphatic heterocycles. The molecular weight excluding hydrogens is 245 g/mol. The first-order valence-corrected chi connectivity index (χ1v) is 6.30. The number of hydrogen-bond donors (Lipinski definition) is 2. The summed E-state index contributed by atoms with van der Waals surface area (Å²) in [6.45, 7) is 1.53. The van der Waals surface area contributed by atoms with Crippen molar-refractivity contribution in [2.24, 2.45) is 0 Å². The van der Waals surface area contributed by atoms with Crippen LogP contribution < -0.4 is 10.2 Å². The zero-order valence-electron chi connectivity index (χ0n) is 9.02. The molecule has 1 saturated heterocycles. The molecule has 5 nitrogen and oxygen atoms in total. The molecule has 0 spiro atoms. The van der Waals surface area contributed by atoms with E-state index in [0.717, 1.165) is 30.7 Å². The number of carbonyl (C=O) groups is 1. The van der Waals surface area contributed by atoms with Crippen molar-refractivity contribution in [3.63, 3.8) is 0 Å². The summed E-state index contributed by atoms with van der Waals surface area (Å²) in [7, 11) is 0. The Morgan fingerprint density at radius 3 is 2.82 bits per heavy atom. The molecule has 2 rings (SSSR count). The molecule has 2 heterocycles. The number of halogens is 1. The highest BCUT2D eigenvalue weighted by Crippen LogP contribution is 2.22. The lowest BCUT2D eigenvalue weighted by Crippen LogP contribution is -2.33. The Hall–Kier alpha value is -1.50. The van der Waals surface area contributed by atoms with Gasteiger partial charge in [0.2, 0.25) is 0 Å². The topological polar surface area (TPSA) is 65.5 Å². The molecule has 0 bridgehead atoms. The van der Waals surface area contributed by atoms with Crippen LogP contribution in [0.3, 0.4) is 0 Å². The number of rotatable bonds is 2. The predicted octanol–water partition coefficient (Wildman–Crippen LogP) is 1.86. The van der Waals surface area contributed by atoms with Crippen molar-refractivity contribution in [1.82, 2.24) is 4.98 Å². The Bertz CT molecular complexity index is 424. The van der Waals surface area contributed by atoms with E-state index in [9.17, 15) is 9.18 Å². The average molecular weight is 257 g/mol. The summed E-state index contributed by atoms with van der Waals surface area (Å²) in [6.07, 6.45) is 0.0993. The smallest absolute Gasteiger partial charge is 0.409 e. The van der Waals surface area contributed by atoms with Gasteiger partial charge in [-0.3, -0.25) is 5.32 Å². The summed E-state index contributed by atoms with van der Waals surface area (Å²) in [6, 6.07) is 1.15. The van der Waals surface area contributed by atoms with Gasteiger partial charge in [0.25, 0.3) is 0 Å². The van der Waals surface area contributed by atoms with Crippen molar-refractivity contribution in [3.8, 4) is 0 Å². The van der Waals surface area contributed by atoms with Crippen LogP contribution in [0.2, 0.25) is 0 Å². The monoisotopic (exact) mass is 257 g/mol. The number of hydrogen-bond acceptors (Lipinski definition) is 4. The highest BCUT2D eigenvalue weighted by Gasteiger charge is 2.16. The third-order valence-electron chi connectivity index (χ3n) is 2.38. The van der Waals surface area contributed by atoms with E-state index in [1.54, 1.807) is 0 Å². The molecule has 17 heavy (non-hydrogen) atoms. The maximum atomic E-state index is 13.7. The van der Waals surface area contributed by atoms with Crippen molar-refractivity contribution >= 4 is 29.4 Å². The summed E-state index contributed by atoms with van der Waals surface area (Å²) in [5, 5.41) is 10.6. The summed E-state index contributed by atoms with van der Waals surface area (Å²) in [5.41, 5.74) is 0.144. The van der Waals surface area contributed by atoms with E-state index >= 15 is 0 Å². The van der Waals surface area contributed by atoms with Gasteiger partial charge < -0.3 is 10.0 Å². The van der Waals surface area contributed by atoms with Crippen molar-refractivity contribution in [2.75, 3.05) is 34.8 Å². The van der Waals surface area contributed by atoms with Crippen LogP contribution in [-0.4, -0.2) is 40.8 Å². The van der Waals surface area contributed by atoms with Crippen LogP contribution in [0, 0.1) is 5.82 Å². The van der Waals surface area contributed by atoms with E-state index in [0.29, 0.717) is 5.82 Å². The second-order valence-electron chi connectivity index (χ2n) is 3.56. The van der Waals surface area contributed by atoms with E-state index in [4.69, 9.17) is 5.11 Å². The zero-order valence-corrected chi connectivity index (χ0v) is 9.84. The highest BCUT2D eigenvalue weighted by atomic mass is 32.2. The van der Waals surface area contributed by atoms with Gasteiger partial charge in [0.15, 0.2) is 11.6 Å². The molecule has 0 saturated carbocycles. The SMILES string of the molecule is O=C(O)Nc1cnc(N2CCSCC2)c(F)c1. The lowest BCUT2D eigenvalue weighted by atomic mass is 10.3. The normalized spacial score (nSPS) is 15.7. The van der Waals surface area contributed by atoms with Crippen LogP contribution in [0.1, 0.15) is 0 Å². The zero-order chi connectivity index (χ0) is 12.3. The van der Waals surface area contributed by atoms with E-state index in [-0.39, 0.29) is 5.69 Å². The molecule has 0 unspecified atom stereocenters. The molecule has 1 aromatic rings. The minimum atomic E-state index is -1.23. The Balaban J connectivity index is 2.15. The van der Waals surface area contributed by atoms with E-state index in [1.807, 2.05) is 16.7 Å². The number of anilines is 2. The number of carboxylic acid groups (broad SMARTS) is 1. The van der Waals surface area contributed by atoms with Gasteiger partial charge in [0, 0.05) is 30.7 Å². The first-order valence-electron chi connectivity index (χ1n) is 5.15. The number of nitrogens with one attached hydrogen (secondary N) is 1. The fraction of sp³-hybridized carbons (Fsp3) is 0.400. The van der Waals surface area contributed by atoms with Gasteiger partial charge in [-0.15, -0.1) is 0 Å². The molecule has 0 aliphatic carbocycles. The van der Waals surface area contributed by atoms with Gasteiger partial charge in [-0.2, -0.15) is 11.8 Å². The minimum Gasteiger partial charge on any atom is -0.465 e. The third kappa shape index (κ3) is 3.00. The predicted molar refractivity (Wildman–Crippen MR) is 65.4 cm³/mol. The van der Waals surface area contributed by atoms with E-state index in [2.05, 4.69) is 10.3 Å². The van der Waals surface area contributed by atoms with Crippen LogP contribution in [0.25, 0.3) is 0 Å². The summed E-state index contributed by atoms with van der Waals surface area (Å²) in [4.78, 5) is 16.2. The largest absolute Gasteiger partial charge is 0.465 e. The minimum absolute atomic E-state index is 0.144. The number of aromatic nitrogens is 1. The molecule has 0 atom stereocenters. The van der Waals surface area contributed by atoms with Crippen LogP contribution in [-0.2, 0) is 0 Å². The van der Waals surface area contributed by atoms with Gasteiger partial charge in [-0.25, -0.2) is 14.2 Å². The quantitative estimate of drug-likeness (QED) is 0.846. The highest BCUT2D eigenvalue weighted by molar-refractivity contribution is 7.99. The number of thioether (sulfide) groups is 1. The molecule has 7 heteroatoms. The molecule has 1 amide bonds. The Labute approximate surface area is 102 Å². The van der Waals surface area contributed by atoms with Crippen molar-refractivity contribution < 1.29 is 14.3 Å². The number of pyridine rings is 1. The van der Waals surface area contributed by atoms with Gasteiger partial charge in [-0.1, -0.05) is 0 Å². The van der Waals surface area contributed by atoms with E-state index in [1.165, 1.54) is 6.20 Å². The standard InChI is InChI=1S/C10H12FN3O2S/c11-8-5-7(13-10(15)16)6-12-9(8)14-1-3-17-4-2-14/h5-6,13H,1-4H2,(H,15,16). The average Bonchev–Trinajstić information content (AvgIpc) is 2.29. The Kier molecular flexibility index (Phi) is 3.68. The van der Waals surface area contributed by atoms with Gasteiger partial charge in [0.05, 0.1) is 11.9 Å². The number of amides is 1. The second kappa shape index (κ2) is 5.22. The Morgan fingerprint density at radius 1 is 1.53 bits per heavy atom. The van der Waals surface area contributed by atoms with Gasteiger partial charge in [0.1, 0.15) is 0 Å². The fourth-order valence-electron chi connectivity index (χ4n) is 1.63. The van der Waals surface area contributed by atoms with Crippen LogP contribution in [0.5, 0.6) is 0 Å². The molecule has 0 radical (unpaired) electrons. The van der Waals surface area contributed by atoms with Gasteiger partial charge >= 0.3 is 6.09 Å². The second-order valence-corrected chi connectivity index (χ2v) is 4.78. The van der Waals surface area contributed by atoms with Crippen LogP contribution in [0.4, 0.5) is 20.7 Å². The lowest BCUT2D eigenvalue weighted by molar-refractivity contribution is 0.209. The maximum absolute atomic E-state index is 13.7. The molecule has 1 fully saturated rings. The molecule has 1 aromatic heterocycles. The number of nitrogens with zero attached hydrogens (tertiary/aromatic N) is 2. The first kappa shape index (κ1) is 12.0. The third-order valence-corrected chi connectivity index (χ3v) is 3.33. The van der Waals surface area contributed by atoms with E-state index < -0.39 is 11.9 Å². The lowest BCUT2D eigenvalue weighted by Gasteiger charge is -2.27. The summed E-state index contributed by atoms with van der Waals surface area (Å²) < 4.78 is 13.7. The molecule has 2 N–H and O–H groups in total. The fourth-order valence-corrected chi connectivity index (χ4v) is 2.53. The van der Waals surface area contributed by atoms with Crippen molar-refractivity contribution in [2.45, 2.75) is 0 Å². The van der Waals surface area contributed by atoms with Crippen LogP contribution in [0.15, 0.2) is 12.3 Å². The summed E-state index contributed by atoms with van der Waals surface area (Å²) >= 11 is 1.83. The van der Waals surface area contributed by atoms with Crippen LogP contribution >= 0.6 is 11.8 Å². The Morgan fingerprint density at radius 2 is 2.24 bits per heavy atom. The molecule has 1 aliphatic rings.